The molecule has 1 atom stereocenters. The van der Waals surface area contributed by atoms with Crippen LogP contribution in [0.3, 0.4) is 0 Å². The molecule has 0 N–H and O–H groups in total. The number of rotatable bonds is 4. The summed E-state index contributed by atoms with van der Waals surface area (Å²) in [5.41, 5.74) is 0.996. The van der Waals surface area contributed by atoms with Gasteiger partial charge in [0.25, 0.3) is 0 Å². The first-order chi connectivity index (χ1) is 9.10. The highest BCUT2D eigenvalue weighted by molar-refractivity contribution is 6.20. The Hall–Kier alpha value is -0.800. The molecule has 1 aromatic carbocycles. The molecule has 1 fully saturated rings. The average Bonchev–Trinajstić information content (AvgIpc) is 2.39. The maximum atomic E-state index is 13.6. The lowest BCUT2D eigenvalue weighted by molar-refractivity contribution is 0.176. The fraction of sp³-hybridized carbons (Fsp3) is 0.600. The van der Waals surface area contributed by atoms with Gasteiger partial charge in [-0.3, -0.25) is 4.90 Å². The van der Waals surface area contributed by atoms with Crippen LogP contribution in [0.25, 0.3) is 0 Å². The number of halogens is 2. The molecular formula is C15H21ClFNO. The van der Waals surface area contributed by atoms with Crippen molar-refractivity contribution in [1.82, 2.24) is 4.90 Å². The Bertz CT molecular complexity index is 417. The largest absolute Gasteiger partial charge is 0.494 e. The molecule has 1 aromatic rings. The second kappa shape index (κ2) is 6.58. The van der Waals surface area contributed by atoms with Gasteiger partial charge in [0.2, 0.25) is 0 Å². The highest BCUT2D eigenvalue weighted by Crippen LogP contribution is 2.25. The first kappa shape index (κ1) is 14.6. The van der Waals surface area contributed by atoms with Crippen molar-refractivity contribution in [2.24, 2.45) is 5.92 Å². The van der Waals surface area contributed by atoms with E-state index in [0.717, 1.165) is 38.0 Å². The summed E-state index contributed by atoms with van der Waals surface area (Å²) in [7, 11) is 1.48. The van der Waals surface area contributed by atoms with Gasteiger partial charge in [-0.15, -0.1) is 11.6 Å². The Morgan fingerprint density at radius 3 is 2.63 bits per heavy atom. The summed E-state index contributed by atoms with van der Waals surface area (Å²) in [6.45, 7) is 4.94. The number of hydrogen-bond acceptors (Lipinski definition) is 2. The minimum atomic E-state index is -0.288. The number of methoxy groups -OCH3 is 1. The molecule has 0 aromatic heterocycles. The second-order valence-corrected chi connectivity index (χ2v) is 5.95. The molecular weight excluding hydrogens is 265 g/mol. The SMILES string of the molecule is COc1ccc(CN2CCC(C(C)Cl)CC2)cc1F. The molecule has 2 nitrogen and oxygen atoms in total. The van der Waals surface area contributed by atoms with E-state index in [9.17, 15) is 4.39 Å². The van der Waals surface area contributed by atoms with E-state index in [1.807, 2.05) is 6.07 Å². The summed E-state index contributed by atoms with van der Waals surface area (Å²) in [6, 6.07) is 5.19. The van der Waals surface area contributed by atoms with Gasteiger partial charge in [-0.05, 0) is 56.5 Å². The van der Waals surface area contributed by atoms with E-state index in [2.05, 4.69) is 11.8 Å². The predicted molar refractivity (Wildman–Crippen MR) is 76.3 cm³/mol. The summed E-state index contributed by atoms with van der Waals surface area (Å²) in [4.78, 5) is 2.36. The highest BCUT2D eigenvalue weighted by atomic mass is 35.5. The molecule has 0 bridgehead atoms. The number of likely N-dealkylation sites (tertiary alicyclic amines) is 1. The molecule has 0 aliphatic carbocycles. The third kappa shape index (κ3) is 3.83. The minimum absolute atomic E-state index is 0.251. The van der Waals surface area contributed by atoms with Gasteiger partial charge >= 0.3 is 0 Å². The molecule has 1 aliphatic heterocycles. The van der Waals surface area contributed by atoms with Crippen molar-refractivity contribution in [3.63, 3.8) is 0 Å². The number of nitrogens with zero attached hydrogens (tertiary/aromatic N) is 1. The Kier molecular flexibility index (Phi) is 5.06. The van der Waals surface area contributed by atoms with Gasteiger partial charge in [0.1, 0.15) is 0 Å². The summed E-state index contributed by atoms with van der Waals surface area (Å²) in [6.07, 6.45) is 2.26. The summed E-state index contributed by atoms with van der Waals surface area (Å²) in [5, 5.41) is 0.251. The molecule has 2 rings (SSSR count). The third-order valence-electron chi connectivity index (χ3n) is 3.90. The smallest absolute Gasteiger partial charge is 0.165 e. The number of benzene rings is 1. The summed E-state index contributed by atoms with van der Waals surface area (Å²) in [5.74, 6) is 0.633. The fourth-order valence-electron chi connectivity index (χ4n) is 2.64. The molecule has 19 heavy (non-hydrogen) atoms. The van der Waals surface area contributed by atoms with Gasteiger partial charge in [-0.2, -0.15) is 0 Å². The maximum Gasteiger partial charge on any atom is 0.165 e. The number of piperidine rings is 1. The fourth-order valence-corrected chi connectivity index (χ4v) is 2.89. The molecule has 0 radical (unpaired) electrons. The zero-order chi connectivity index (χ0) is 13.8. The molecule has 106 valence electrons. The molecule has 4 heteroatoms. The Morgan fingerprint density at radius 2 is 2.11 bits per heavy atom. The molecule has 0 amide bonds. The molecule has 1 aliphatic rings. The maximum absolute atomic E-state index is 13.6. The van der Waals surface area contributed by atoms with Crippen LogP contribution in [0.15, 0.2) is 18.2 Å². The van der Waals surface area contributed by atoms with Gasteiger partial charge in [-0.25, -0.2) is 4.39 Å². The molecule has 1 heterocycles. The van der Waals surface area contributed by atoms with Gasteiger partial charge in [0.15, 0.2) is 11.6 Å². The van der Waals surface area contributed by atoms with E-state index in [-0.39, 0.29) is 11.2 Å². The Labute approximate surface area is 119 Å². The van der Waals surface area contributed by atoms with Crippen molar-refractivity contribution in [3.8, 4) is 5.75 Å². The quantitative estimate of drug-likeness (QED) is 0.783. The van der Waals surface area contributed by atoms with Gasteiger partial charge in [0, 0.05) is 11.9 Å². The number of alkyl halides is 1. The zero-order valence-corrected chi connectivity index (χ0v) is 12.3. The van der Waals surface area contributed by atoms with Crippen molar-refractivity contribution in [2.75, 3.05) is 20.2 Å². The van der Waals surface area contributed by atoms with E-state index in [1.165, 1.54) is 7.11 Å². The van der Waals surface area contributed by atoms with Crippen molar-refractivity contribution < 1.29 is 9.13 Å². The van der Waals surface area contributed by atoms with Gasteiger partial charge in [-0.1, -0.05) is 6.07 Å². The lowest BCUT2D eigenvalue weighted by atomic mass is 9.94. The van der Waals surface area contributed by atoms with Crippen LogP contribution in [0.4, 0.5) is 4.39 Å². The Balaban J connectivity index is 1.90. The van der Waals surface area contributed by atoms with Crippen molar-refractivity contribution in [3.05, 3.63) is 29.6 Å². The van der Waals surface area contributed by atoms with E-state index < -0.39 is 0 Å². The average molecular weight is 286 g/mol. The number of hydrogen-bond donors (Lipinski definition) is 0. The second-order valence-electron chi connectivity index (χ2n) is 5.26. The van der Waals surface area contributed by atoms with Crippen molar-refractivity contribution in [2.45, 2.75) is 31.7 Å². The van der Waals surface area contributed by atoms with Crippen LogP contribution in [0.5, 0.6) is 5.75 Å². The minimum Gasteiger partial charge on any atom is -0.494 e. The topological polar surface area (TPSA) is 12.5 Å². The summed E-state index contributed by atoms with van der Waals surface area (Å²) >= 11 is 6.14. The van der Waals surface area contributed by atoms with E-state index in [4.69, 9.17) is 16.3 Å². The molecule has 0 spiro atoms. The molecule has 0 saturated carbocycles. The summed E-state index contributed by atoms with van der Waals surface area (Å²) < 4.78 is 18.5. The third-order valence-corrected chi connectivity index (χ3v) is 4.26. The standard InChI is InChI=1S/C15H21ClFNO/c1-11(16)13-5-7-18(8-6-13)10-12-3-4-15(19-2)14(17)9-12/h3-4,9,11,13H,5-8,10H2,1-2H3. The van der Waals surface area contributed by atoms with Gasteiger partial charge in [0.05, 0.1) is 7.11 Å². The van der Waals surface area contributed by atoms with E-state index >= 15 is 0 Å². The van der Waals surface area contributed by atoms with Crippen LogP contribution in [-0.2, 0) is 6.54 Å². The van der Waals surface area contributed by atoms with Crippen molar-refractivity contribution in [1.29, 1.82) is 0 Å². The number of ether oxygens (including phenoxy) is 1. The lowest BCUT2D eigenvalue weighted by Crippen LogP contribution is -2.35. The van der Waals surface area contributed by atoms with Crippen molar-refractivity contribution >= 4 is 11.6 Å². The first-order valence-electron chi connectivity index (χ1n) is 6.79. The van der Waals surface area contributed by atoms with E-state index in [0.29, 0.717) is 11.7 Å². The van der Waals surface area contributed by atoms with Crippen LogP contribution in [-0.4, -0.2) is 30.5 Å². The Morgan fingerprint density at radius 1 is 1.42 bits per heavy atom. The predicted octanol–water partition coefficient (Wildman–Crippen LogP) is 3.67. The van der Waals surface area contributed by atoms with Gasteiger partial charge < -0.3 is 4.74 Å². The van der Waals surface area contributed by atoms with Crippen LogP contribution < -0.4 is 4.74 Å². The molecule has 1 saturated heterocycles. The van der Waals surface area contributed by atoms with Crippen LogP contribution in [0.2, 0.25) is 0 Å². The lowest BCUT2D eigenvalue weighted by Gasteiger charge is -2.33. The normalized spacial score (nSPS) is 19.4. The monoisotopic (exact) mass is 285 g/mol. The van der Waals surface area contributed by atoms with Crippen LogP contribution in [0.1, 0.15) is 25.3 Å². The molecule has 1 unspecified atom stereocenters. The zero-order valence-electron chi connectivity index (χ0n) is 11.5. The van der Waals surface area contributed by atoms with Crippen LogP contribution >= 0.6 is 11.6 Å². The van der Waals surface area contributed by atoms with E-state index in [1.54, 1.807) is 12.1 Å². The van der Waals surface area contributed by atoms with Crippen LogP contribution in [0, 0.1) is 11.7 Å². The highest BCUT2D eigenvalue weighted by Gasteiger charge is 2.22. The first-order valence-corrected chi connectivity index (χ1v) is 7.22.